The monoisotopic (exact) mass is 355 g/mol. The van der Waals surface area contributed by atoms with Crippen molar-refractivity contribution in [3.63, 3.8) is 0 Å². The number of piperazine rings is 1. The van der Waals surface area contributed by atoms with Gasteiger partial charge >= 0.3 is 0 Å². The van der Waals surface area contributed by atoms with Gasteiger partial charge in [-0.3, -0.25) is 4.79 Å². The van der Waals surface area contributed by atoms with Crippen LogP contribution >= 0.6 is 0 Å². The fourth-order valence-corrected chi connectivity index (χ4v) is 3.97. The van der Waals surface area contributed by atoms with Gasteiger partial charge in [0, 0.05) is 57.6 Å². The van der Waals surface area contributed by atoms with Crippen molar-refractivity contribution in [1.82, 2.24) is 19.2 Å². The summed E-state index contributed by atoms with van der Waals surface area (Å²) >= 11 is 0. The van der Waals surface area contributed by atoms with Gasteiger partial charge < -0.3 is 9.80 Å². The van der Waals surface area contributed by atoms with Crippen LogP contribution in [0.3, 0.4) is 0 Å². The van der Waals surface area contributed by atoms with Crippen molar-refractivity contribution < 1.29 is 13.2 Å². The van der Waals surface area contributed by atoms with Gasteiger partial charge in [0.2, 0.25) is 21.9 Å². The van der Waals surface area contributed by atoms with Crippen LogP contribution in [-0.4, -0.2) is 78.5 Å². The number of amides is 1. The highest BCUT2D eigenvalue weighted by Gasteiger charge is 2.25. The van der Waals surface area contributed by atoms with E-state index >= 15 is 0 Å². The van der Waals surface area contributed by atoms with Crippen LogP contribution in [0.5, 0.6) is 0 Å². The van der Waals surface area contributed by atoms with E-state index in [1.807, 2.05) is 18.7 Å². The summed E-state index contributed by atoms with van der Waals surface area (Å²) in [7, 11) is -3.30. The Hall–Kier alpha value is -1.74. The molecular formula is C15H25N5O3S. The Morgan fingerprint density at radius 1 is 1.21 bits per heavy atom. The van der Waals surface area contributed by atoms with Crippen LogP contribution in [0.1, 0.15) is 20.3 Å². The Bertz CT molecular complexity index is 642. The molecule has 0 atom stereocenters. The standard InChI is InChI=1S/C15H25N5O3S/c1-13(2)20(24(3,22)23)8-5-14(21)18-9-11-19(12-10-18)15-16-6-4-7-17-15/h4,6-7,13H,5,8-12H2,1-3H3. The number of sulfonamides is 1. The van der Waals surface area contributed by atoms with Crippen LogP contribution in [0.25, 0.3) is 0 Å². The molecule has 134 valence electrons. The minimum atomic E-state index is -3.30. The van der Waals surface area contributed by atoms with Crippen LogP contribution < -0.4 is 4.90 Å². The normalized spacial score (nSPS) is 16.0. The SMILES string of the molecule is CC(C)N(CCC(=O)N1CCN(c2ncccn2)CC1)S(C)(=O)=O. The summed E-state index contributed by atoms with van der Waals surface area (Å²) in [5, 5.41) is 0. The molecule has 0 radical (unpaired) electrons. The highest BCUT2D eigenvalue weighted by atomic mass is 32.2. The predicted octanol–water partition coefficient (Wildman–Crippen LogP) is 0.185. The number of rotatable bonds is 6. The van der Waals surface area contributed by atoms with Gasteiger partial charge in [0.1, 0.15) is 0 Å². The molecule has 1 amide bonds. The summed E-state index contributed by atoms with van der Waals surface area (Å²) in [5.41, 5.74) is 0. The fourth-order valence-electron chi connectivity index (χ4n) is 2.78. The van der Waals surface area contributed by atoms with Gasteiger partial charge in [-0.05, 0) is 19.9 Å². The van der Waals surface area contributed by atoms with Crippen molar-refractivity contribution in [3.05, 3.63) is 18.5 Å². The van der Waals surface area contributed by atoms with Crippen LogP contribution in [0.2, 0.25) is 0 Å². The minimum Gasteiger partial charge on any atom is -0.339 e. The lowest BCUT2D eigenvalue weighted by Crippen LogP contribution is -2.50. The van der Waals surface area contributed by atoms with Crippen LogP contribution in [0.4, 0.5) is 5.95 Å². The number of hydrogen-bond donors (Lipinski definition) is 0. The molecule has 0 bridgehead atoms. The number of hydrogen-bond acceptors (Lipinski definition) is 6. The molecule has 1 aromatic rings. The van der Waals surface area contributed by atoms with E-state index in [0.29, 0.717) is 32.1 Å². The van der Waals surface area contributed by atoms with Crippen LogP contribution in [0.15, 0.2) is 18.5 Å². The summed E-state index contributed by atoms with van der Waals surface area (Å²) in [6.07, 6.45) is 4.78. The highest BCUT2D eigenvalue weighted by Crippen LogP contribution is 2.12. The second kappa shape index (κ2) is 7.89. The molecular weight excluding hydrogens is 330 g/mol. The summed E-state index contributed by atoms with van der Waals surface area (Å²) in [6.45, 7) is 6.38. The summed E-state index contributed by atoms with van der Waals surface area (Å²) < 4.78 is 24.8. The molecule has 9 heteroatoms. The number of carbonyl (C=O) groups excluding carboxylic acids is 1. The lowest BCUT2D eigenvalue weighted by molar-refractivity contribution is -0.131. The van der Waals surface area contributed by atoms with Gasteiger partial charge in [0.05, 0.1) is 6.26 Å². The third-order valence-corrected chi connectivity index (χ3v) is 5.47. The lowest BCUT2D eigenvalue weighted by atomic mass is 10.2. The smallest absolute Gasteiger partial charge is 0.225 e. The lowest BCUT2D eigenvalue weighted by Gasteiger charge is -2.35. The minimum absolute atomic E-state index is 0.0158. The first-order valence-electron chi connectivity index (χ1n) is 8.05. The average Bonchev–Trinajstić information content (AvgIpc) is 2.54. The molecule has 1 aromatic heterocycles. The number of aromatic nitrogens is 2. The van der Waals surface area contributed by atoms with Gasteiger partial charge in [0.15, 0.2) is 0 Å². The molecule has 1 saturated heterocycles. The Labute approximate surface area is 143 Å². The average molecular weight is 355 g/mol. The van der Waals surface area contributed by atoms with Crippen molar-refractivity contribution in [1.29, 1.82) is 0 Å². The zero-order valence-electron chi connectivity index (χ0n) is 14.4. The van der Waals surface area contributed by atoms with Gasteiger partial charge in [-0.15, -0.1) is 0 Å². The highest BCUT2D eigenvalue weighted by molar-refractivity contribution is 7.88. The van der Waals surface area contributed by atoms with Crippen molar-refractivity contribution in [2.75, 3.05) is 43.9 Å². The quantitative estimate of drug-likeness (QED) is 0.724. The van der Waals surface area contributed by atoms with Crippen molar-refractivity contribution >= 4 is 21.9 Å². The topological polar surface area (TPSA) is 86.7 Å². The fraction of sp³-hybridized carbons (Fsp3) is 0.667. The van der Waals surface area contributed by atoms with E-state index in [-0.39, 0.29) is 24.9 Å². The molecule has 0 aromatic carbocycles. The molecule has 1 aliphatic rings. The summed E-state index contributed by atoms with van der Waals surface area (Å²) in [6, 6.07) is 1.62. The number of carbonyl (C=O) groups is 1. The van der Waals surface area contributed by atoms with E-state index in [1.54, 1.807) is 23.4 Å². The Kier molecular flexibility index (Phi) is 6.11. The maximum atomic E-state index is 12.3. The van der Waals surface area contributed by atoms with Gasteiger partial charge in [-0.2, -0.15) is 4.31 Å². The molecule has 0 aliphatic carbocycles. The largest absolute Gasteiger partial charge is 0.339 e. The van der Waals surface area contributed by atoms with Crippen molar-refractivity contribution in [2.45, 2.75) is 26.3 Å². The molecule has 0 spiro atoms. The van der Waals surface area contributed by atoms with E-state index in [2.05, 4.69) is 9.97 Å². The summed E-state index contributed by atoms with van der Waals surface area (Å²) in [4.78, 5) is 24.6. The Morgan fingerprint density at radius 2 is 1.79 bits per heavy atom. The molecule has 0 N–H and O–H groups in total. The molecule has 2 rings (SSSR count). The third-order valence-electron chi connectivity index (χ3n) is 4.02. The van der Waals surface area contributed by atoms with Crippen molar-refractivity contribution in [3.8, 4) is 0 Å². The number of anilines is 1. The van der Waals surface area contributed by atoms with E-state index in [9.17, 15) is 13.2 Å². The Morgan fingerprint density at radius 3 is 2.29 bits per heavy atom. The second-order valence-electron chi connectivity index (χ2n) is 6.13. The predicted molar refractivity (Wildman–Crippen MR) is 92.1 cm³/mol. The molecule has 1 fully saturated rings. The summed E-state index contributed by atoms with van der Waals surface area (Å²) in [5.74, 6) is 0.658. The zero-order valence-corrected chi connectivity index (χ0v) is 15.2. The zero-order chi connectivity index (χ0) is 17.7. The molecule has 2 heterocycles. The maximum Gasteiger partial charge on any atom is 0.225 e. The maximum absolute atomic E-state index is 12.3. The van der Waals surface area contributed by atoms with E-state index in [1.165, 1.54) is 10.6 Å². The van der Waals surface area contributed by atoms with E-state index in [0.717, 1.165) is 0 Å². The first-order valence-corrected chi connectivity index (χ1v) is 9.90. The molecule has 0 saturated carbocycles. The third kappa shape index (κ3) is 4.88. The second-order valence-corrected chi connectivity index (χ2v) is 8.07. The Balaban J connectivity index is 1.85. The van der Waals surface area contributed by atoms with Crippen LogP contribution in [-0.2, 0) is 14.8 Å². The first-order chi connectivity index (χ1) is 11.3. The van der Waals surface area contributed by atoms with Crippen molar-refractivity contribution in [2.24, 2.45) is 0 Å². The number of nitrogens with zero attached hydrogens (tertiary/aromatic N) is 5. The van der Waals surface area contributed by atoms with Gasteiger partial charge in [-0.25, -0.2) is 18.4 Å². The van der Waals surface area contributed by atoms with Crippen LogP contribution in [0, 0.1) is 0 Å². The molecule has 0 unspecified atom stereocenters. The van der Waals surface area contributed by atoms with E-state index in [4.69, 9.17) is 0 Å². The molecule has 8 nitrogen and oxygen atoms in total. The first kappa shape index (κ1) is 18.6. The van der Waals surface area contributed by atoms with Gasteiger partial charge in [-0.1, -0.05) is 0 Å². The molecule has 1 aliphatic heterocycles. The molecule has 24 heavy (non-hydrogen) atoms. The van der Waals surface area contributed by atoms with Gasteiger partial charge in [0.25, 0.3) is 0 Å². The van der Waals surface area contributed by atoms with E-state index < -0.39 is 10.0 Å².